The van der Waals surface area contributed by atoms with E-state index in [1.807, 2.05) is 0 Å². The maximum absolute atomic E-state index is 11.1. The summed E-state index contributed by atoms with van der Waals surface area (Å²) < 4.78 is 5.81. The molecule has 9 heteroatoms. The highest BCUT2D eigenvalue weighted by atomic mass is 79.9. The van der Waals surface area contributed by atoms with E-state index < -0.39 is 16.5 Å². The Balaban J connectivity index is 2.44. The van der Waals surface area contributed by atoms with Crippen molar-refractivity contribution in [3.05, 3.63) is 55.6 Å². The molecule has 1 aromatic heterocycles. The van der Waals surface area contributed by atoms with Gasteiger partial charge in [0.15, 0.2) is 0 Å². The minimum Gasteiger partial charge on any atom is -0.431 e. The maximum Gasteiger partial charge on any atom is 0.312 e. The molecule has 1 aromatic carbocycles. The zero-order chi connectivity index (χ0) is 15.6. The van der Waals surface area contributed by atoms with Crippen molar-refractivity contribution in [2.75, 3.05) is 0 Å². The van der Waals surface area contributed by atoms with Gasteiger partial charge in [0.1, 0.15) is 0 Å². The molecule has 0 spiro atoms. The second kappa shape index (κ2) is 6.06. The molecule has 2 aromatic rings. The summed E-state index contributed by atoms with van der Waals surface area (Å²) in [6, 6.07) is 5.18. The lowest BCUT2D eigenvalue weighted by atomic mass is 10.2. The summed E-state index contributed by atoms with van der Waals surface area (Å²) in [6.07, 6.45) is 1.34. The van der Waals surface area contributed by atoms with Crippen LogP contribution in [0.1, 0.15) is 10.4 Å². The molecular formula is C12H7BrClN3O4. The van der Waals surface area contributed by atoms with Crippen molar-refractivity contribution in [3.63, 3.8) is 0 Å². The van der Waals surface area contributed by atoms with Crippen LogP contribution >= 0.6 is 27.5 Å². The first-order chi connectivity index (χ1) is 9.88. The zero-order valence-electron chi connectivity index (χ0n) is 10.2. The van der Waals surface area contributed by atoms with Crippen LogP contribution in [0.2, 0.25) is 5.02 Å². The number of hydrogen-bond acceptors (Lipinski definition) is 5. The second-order valence-electron chi connectivity index (χ2n) is 3.85. The third-order valence-electron chi connectivity index (χ3n) is 2.42. The van der Waals surface area contributed by atoms with Gasteiger partial charge in [0.2, 0.25) is 17.5 Å². The quantitative estimate of drug-likeness (QED) is 0.654. The normalized spacial score (nSPS) is 10.2. The summed E-state index contributed by atoms with van der Waals surface area (Å²) in [5.41, 5.74) is 4.71. The van der Waals surface area contributed by atoms with Crippen molar-refractivity contribution in [2.45, 2.75) is 0 Å². The van der Waals surface area contributed by atoms with E-state index in [-0.39, 0.29) is 17.2 Å². The number of nitrogens with zero attached hydrogens (tertiary/aromatic N) is 2. The third-order valence-corrected chi connectivity index (χ3v) is 3.20. The number of rotatable bonds is 4. The molecule has 0 aliphatic heterocycles. The number of halogens is 2. The van der Waals surface area contributed by atoms with E-state index in [9.17, 15) is 14.9 Å². The monoisotopic (exact) mass is 371 g/mol. The van der Waals surface area contributed by atoms with E-state index in [1.54, 1.807) is 0 Å². The first-order valence-electron chi connectivity index (χ1n) is 5.45. The fourth-order valence-corrected chi connectivity index (χ4v) is 2.20. The van der Waals surface area contributed by atoms with Gasteiger partial charge < -0.3 is 10.5 Å². The molecule has 108 valence electrons. The summed E-state index contributed by atoms with van der Waals surface area (Å²) in [6.45, 7) is 0. The van der Waals surface area contributed by atoms with E-state index in [4.69, 9.17) is 22.1 Å². The Kier molecular flexibility index (Phi) is 4.39. The van der Waals surface area contributed by atoms with Gasteiger partial charge in [0.25, 0.3) is 0 Å². The molecule has 0 saturated heterocycles. The molecular weight excluding hydrogens is 366 g/mol. The van der Waals surface area contributed by atoms with E-state index in [2.05, 4.69) is 20.9 Å². The average molecular weight is 373 g/mol. The molecule has 0 saturated carbocycles. The first-order valence-corrected chi connectivity index (χ1v) is 6.62. The van der Waals surface area contributed by atoms with E-state index in [1.165, 1.54) is 24.4 Å². The van der Waals surface area contributed by atoms with Gasteiger partial charge in [-0.2, -0.15) is 0 Å². The lowest BCUT2D eigenvalue weighted by molar-refractivity contribution is -0.385. The first kappa shape index (κ1) is 15.2. The van der Waals surface area contributed by atoms with Crippen molar-refractivity contribution >= 4 is 39.1 Å². The summed E-state index contributed by atoms with van der Waals surface area (Å²) in [5.74, 6) is -0.731. The SMILES string of the molecule is NC(=O)c1ccc(Oc2ncc(Cl)cc2Br)c([N+](=O)[O-])c1. The predicted molar refractivity (Wildman–Crippen MR) is 78.6 cm³/mol. The second-order valence-corrected chi connectivity index (χ2v) is 5.14. The van der Waals surface area contributed by atoms with Gasteiger partial charge in [-0.05, 0) is 34.1 Å². The number of carbonyl (C=O) groups is 1. The number of primary amides is 1. The highest BCUT2D eigenvalue weighted by molar-refractivity contribution is 9.10. The van der Waals surface area contributed by atoms with Gasteiger partial charge in [-0.25, -0.2) is 4.98 Å². The summed E-state index contributed by atoms with van der Waals surface area (Å²) in [5, 5.41) is 11.4. The van der Waals surface area contributed by atoms with Crippen LogP contribution in [-0.2, 0) is 0 Å². The van der Waals surface area contributed by atoms with Crippen molar-refractivity contribution in [3.8, 4) is 11.6 Å². The average Bonchev–Trinajstić information content (AvgIpc) is 2.41. The Labute approximate surface area is 132 Å². The molecule has 2 N–H and O–H groups in total. The van der Waals surface area contributed by atoms with Gasteiger partial charge >= 0.3 is 5.69 Å². The molecule has 0 aliphatic carbocycles. The number of amides is 1. The molecule has 21 heavy (non-hydrogen) atoms. The number of aromatic nitrogens is 1. The van der Waals surface area contributed by atoms with Crippen LogP contribution in [0.25, 0.3) is 0 Å². The van der Waals surface area contributed by atoms with Crippen molar-refractivity contribution < 1.29 is 14.5 Å². The fourth-order valence-electron chi connectivity index (χ4n) is 1.48. The standard InChI is InChI=1S/C12H7BrClN3O4/c13-8-4-7(14)5-16-12(8)21-10-2-1-6(11(15)18)3-9(10)17(19)20/h1-5H,(H2,15,18). The molecule has 1 amide bonds. The molecule has 0 bridgehead atoms. The molecule has 0 aliphatic rings. The van der Waals surface area contributed by atoms with Gasteiger partial charge in [-0.3, -0.25) is 14.9 Å². The van der Waals surface area contributed by atoms with Gasteiger partial charge in [0, 0.05) is 17.8 Å². The zero-order valence-corrected chi connectivity index (χ0v) is 12.6. The topological polar surface area (TPSA) is 108 Å². The Bertz CT molecular complexity index is 738. The molecule has 0 radical (unpaired) electrons. The number of nitro benzene ring substituents is 1. The third kappa shape index (κ3) is 3.47. The van der Waals surface area contributed by atoms with Crippen molar-refractivity contribution in [2.24, 2.45) is 5.73 Å². The highest BCUT2D eigenvalue weighted by Gasteiger charge is 2.19. The maximum atomic E-state index is 11.1. The Morgan fingerprint density at radius 1 is 1.43 bits per heavy atom. The fraction of sp³-hybridized carbons (Fsp3) is 0. The van der Waals surface area contributed by atoms with E-state index in [0.717, 1.165) is 6.07 Å². The molecule has 0 atom stereocenters. The number of ether oxygens (including phenoxy) is 1. The van der Waals surface area contributed by atoms with E-state index >= 15 is 0 Å². The number of pyridine rings is 1. The van der Waals surface area contributed by atoms with Crippen LogP contribution in [-0.4, -0.2) is 15.8 Å². The highest BCUT2D eigenvalue weighted by Crippen LogP contribution is 2.35. The van der Waals surface area contributed by atoms with Crippen LogP contribution in [0.4, 0.5) is 5.69 Å². The minimum absolute atomic E-state index is 0.0113. The lowest BCUT2D eigenvalue weighted by Gasteiger charge is -2.08. The number of carbonyl (C=O) groups excluding carboxylic acids is 1. The molecule has 2 rings (SSSR count). The van der Waals surface area contributed by atoms with Crippen LogP contribution in [0.15, 0.2) is 34.9 Å². The minimum atomic E-state index is -0.768. The van der Waals surface area contributed by atoms with E-state index in [0.29, 0.717) is 9.50 Å². The van der Waals surface area contributed by atoms with Crippen LogP contribution < -0.4 is 10.5 Å². The smallest absolute Gasteiger partial charge is 0.312 e. The lowest BCUT2D eigenvalue weighted by Crippen LogP contribution is -2.11. The molecule has 1 heterocycles. The number of nitro groups is 1. The van der Waals surface area contributed by atoms with Gasteiger partial charge in [-0.15, -0.1) is 0 Å². The Morgan fingerprint density at radius 2 is 2.14 bits per heavy atom. The van der Waals surface area contributed by atoms with Crippen molar-refractivity contribution in [1.82, 2.24) is 4.98 Å². The molecule has 0 unspecified atom stereocenters. The van der Waals surface area contributed by atoms with Gasteiger partial charge in [0.05, 0.1) is 14.4 Å². The van der Waals surface area contributed by atoms with Crippen molar-refractivity contribution in [1.29, 1.82) is 0 Å². The largest absolute Gasteiger partial charge is 0.431 e. The van der Waals surface area contributed by atoms with Crippen LogP contribution in [0.3, 0.4) is 0 Å². The number of hydrogen-bond donors (Lipinski definition) is 1. The number of benzene rings is 1. The molecule has 0 fully saturated rings. The van der Waals surface area contributed by atoms with Crippen LogP contribution in [0.5, 0.6) is 11.6 Å². The Hall–Kier alpha value is -2.19. The van der Waals surface area contributed by atoms with Gasteiger partial charge in [-0.1, -0.05) is 11.6 Å². The summed E-state index contributed by atoms with van der Waals surface area (Å²) >= 11 is 8.94. The summed E-state index contributed by atoms with van der Waals surface area (Å²) in [4.78, 5) is 25.3. The summed E-state index contributed by atoms with van der Waals surface area (Å²) in [7, 11) is 0. The Morgan fingerprint density at radius 3 is 2.71 bits per heavy atom. The molecule has 7 nitrogen and oxygen atoms in total. The van der Waals surface area contributed by atoms with Crippen LogP contribution in [0, 0.1) is 10.1 Å². The number of nitrogens with two attached hydrogens (primary N) is 1. The predicted octanol–water partition coefficient (Wildman–Crippen LogP) is 3.30.